The van der Waals surface area contributed by atoms with Gasteiger partial charge >= 0.3 is 0 Å². The Morgan fingerprint density at radius 1 is 0.241 bits per heavy atom. The molecular formula is C75H60N2P2+2. The molecule has 12 rings (SSSR count). The summed E-state index contributed by atoms with van der Waals surface area (Å²) in [4.78, 5) is 4.64. The van der Waals surface area contributed by atoms with E-state index in [9.17, 15) is 0 Å². The van der Waals surface area contributed by atoms with Crippen LogP contribution >= 0.6 is 14.5 Å². The molecule has 0 unspecified atom stereocenters. The molecule has 0 bridgehead atoms. The van der Waals surface area contributed by atoms with E-state index in [0.717, 1.165) is 64.0 Å². The van der Waals surface area contributed by atoms with Crippen molar-refractivity contribution < 1.29 is 0 Å². The standard InChI is InChI=1S/C75H60N2P2/c1-9-28-62(29-10-1)76(63-30-11-2-12-31-63)66-51-47-60(48-52-66)46-49-61-50-57-75(74-45-26-25-44-73(61)74)79(70-40-21-7-22-41-70,71-42-23-8-24-43-71)59-27-58-78(68-36-17-5-18-37-68,69-38-19-6-20-39-69)72-55-53-67(54-56-72)77(64-32-13-3-14-33-64)65-34-15-4-16-35-65/h1-26,28-45,47-48,50-57H,27,58-59H2/q+2. The largest absolute Gasteiger partial charge is 0.311 e. The van der Waals surface area contributed by atoms with Gasteiger partial charge in [-0.15, -0.1) is 0 Å². The Balaban J connectivity index is 0.948. The normalized spacial score (nSPS) is 11.3. The lowest BCUT2D eigenvalue weighted by atomic mass is 10.0. The molecule has 12 aromatic rings. The van der Waals surface area contributed by atoms with Crippen molar-refractivity contribution in [2.45, 2.75) is 6.42 Å². The molecule has 0 radical (unpaired) electrons. The number of benzene rings is 12. The van der Waals surface area contributed by atoms with Gasteiger partial charge in [-0.2, -0.15) is 0 Å². The van der Waals surface area contributed by atoms with Gasteiger partial charge in [-0.3, -0.25) is 0 Å². The van der Waals surface area contributed by atoms with Gasteiger partial charge in [0, 0.05) is 62.4 Å². The number of para-hydroxylation sites is 4. The average Bonchev–Trinajstić information content (AvgIpc) is 3.72. The lowest BCUT2D eigenvalue weighted by molar-refractivity contribution is 1.10. The van der Waals surface area contributed by atoms with Gasteiger partial charge in [0.1, 0.15) is 46.4 Å². The van der Waals surface area contributed by atoms with Crippen LogP contribution in [0.3, 0.4) is 0 Å². The van der Waals surface area contributed by atoms with E-state index in [2.05, 4.69) is 349 Å². The van der Waals surface area contributed by atoms with Gasteiger partial charge in [-0.1, -0.05) is 182 Å². The molecule has 0 spiro atoms. The highest BCUT2D eigenvalue weighted by atomic mass is 31.2. The smallest absolute Gasteiger partial charge is 0.112 e. The fourth-order valence-corrected chi connectivity index (χ4v) is 20.6. The summed E-state index contributed by atoms with van der Waals surface area (Å²) in [5.41, 5.74) is 8.68. The van der Waals surface area contributed by atoms with Crippen LogP contribution in [0.15, 0.2) is 328 Å². The monoisotopic (exact) mass is 1050 g/mol. The van der Waals surface area contributed by atoms with Crippen molar-refractivity contribution in [3.8, 4) is 11.8 Å². The molecule has 0 aromatic heterocycles. The zero-order valence-electron chi connectivity index (χ0n) is 44.1. The first-order chi connectivity index (χ1) is 39.2. The first-order valence-corrected chi connectivity index (χ1v) is 31.2. The van der Waals surface area contributed by atoms with Crippen LogP contribution in [0.4, 0.5) is 34.1 Å². The van der Waals surface area contributed by atoms with Crippen LogP contribution < -0.4 is 41.6 Å². The van der Waals surface area contributed by atoms with Crippen LogP contribution in [0.1, 0.15) is 17.5 Å². The van der Waals surface area contributed by atoms with Crippen LogP contribution in [-0.2, 0) is 0 Å². The van der Waals surface area contributed by atoms with Gasteiger partial charge in [0.25, 0.3) is 0 Å². The molecule has 79 heavy (non-hydrogen) atoms. The third kappa shape index (κ3) is 10.4. The molecule has 0 fully saturated rings. The third-order valence-electron chi connectivity index (χ3n) is 15.2. The topological polar surface area (TPSA) is 6.48 Å². The molecule has 0 aliphatic heterocycles. The molecule has 0 aliphatic rings. The number of rotatable bonds is 16. The summed E-state index contributed by atoms with van der Waals surface area (Å²) >= 11 is 0. The molecule has 0 amide bonds. The SMILES string of the molecule is C(#Cc1ccc([P+](CCC[P+](c2ccccc2)(c2ccccc2)c2ccc(N(c3ccccc3)c3ccccc3)cc2)(c2ccccc2)c2ccccc2)c2ccccc12)c1ccc(N(c2ccccc2)c2ccccc2)cc1. The Morgan fingerprint density at radius 2 is 0.544 bits per heavy atom. The Hall–Kier alpha value is -9.08. The van der Waals surface area contributed by atoms with Crippen LogP contribution in [0.2, 0.25) is 0 Å². The van der Waals surface area contributed by atoms with Crippen molar-refractivity contribution in [2.24, 2.45) is 0 Å². The van der Waals surface area contributed by atoms with Crippen molar-refractivity contribution in [3.05, 3.63) is 339 Å². The van der Waals surface area contributed by atoms with Crippen molar-refractivity contribution in [1.29, 1.82) is 0 Å². The van der Waals surface area contributed by atoms with Gasteiger partial charge in [-0.25, -0.2) is 0 Å². The maximum Gasteiger partial charge on any atom is 0.112 e. The second-order valence-corrected chi connectivity index (χ2v) is 27.0. The van der Waals surface area contributed by atoms with Gasteiger partial charge in [0.2, 0.25) is 0 Å². The summed E-state index contributed by atoms with van der Waals surface area (Å²) in [5, 5.41) is 10.8. The molecule has 0 atom stereocenters. The van der Waals surface area contributed by atoms with E-state index in [-0.39, 0.29) is 0 Å². The number of nitrogens with zero attached hydrogens (tertiary/aromatic N) is 2. The van der Waals surface area contributed by atoms with Crippen LogP contribution in [0, 0.1) is 11.8 Å². The molecule has 378 valence electrons. The first-order valence-electron chi connectivity index (χ1n) is 27.2. The van der Waals surface area contributed by atoms with E-state index >= 15 is 0 Å². The van der Waals surface area contributed by atoms with E-state index in [1.807, 2.05) is 0 Å². The van der Waals surface area contributed by atoms with Crippen molar-refractivity contribution in [3.63, 3.8) is 0 Å². The molecular weight excluding hydrogens is 991 g/mol. The summed E-state index contributed by atoms with van der Waals surface area (Å²) in [5.74, 6) is 7.26. The highest BCUT2D eigenvalue weighted by Gasteiger charge is 2.50. The predicted molar refractivity (Wildman–Crippen MR) is 344 cm³/mol. The number of hydrogen-bond donors (Lipinski definition) is 0. The molecule has 0 saturated carbocycles. The highest BCUT2D eigenvalue weighted by molar-refractivity contribution is 7.97. The van der Waals surface area contributed by atoms with E-state index in [1.165, 1.54) is 42.6 Å². The summed E-state index contributed by atoms with van der Waals surface area (Å²) in [6.07, 6.45) is 2.98. The summed E-state index contributed by atoms with van der Waals surface area (Å²) < 4.78 is 0. The lowest BCUT2D eigenvalue weighted by Gasteiger charge is -2.32. The van der Waals surface area contributed by atoms with Crippen molar-refractivity contribution in [2.75, 3.05) is 22.1 Å². The van der Waals surface area contributed by atoms with Crippen molar-refractivity contribution in [1.82, 2.24) is 0 Å². The van der Waals surface area contributed by atoms with Crippen LogP contribution in [-0.4, -0.2) is 12.3 Å². The number of hydrogen-bond acceptors (Lipinski definition) is 2. The molecule has 2 nitrogen and oxygen atoms in total. The Kier molecular flexibility index (Phi) is 15.2. The Labute approximate surface area is 467 Å². The quantitative estimate of drug-likeness (QED) is 0.0703. The number of anilines is 6. The second kappa shape index (κ2) is 23.7. The second-order valence-electron chi connectivity index (χ2n) is 19.8. The van der Waals surface area contributed by atoms with E-state index in [0.29, 0.717) is 0 Å². The predicted octanol–water partition coefficient (Wildman–Crippen LogP) is 16.9. The molecule has 12 aromatic carbocycles. The van der Waals surface area contributed by atoms with E-state index in [1.54, 1.807) is 0 Å². The minimum atomic E-state index is -2.35. The maximum atomic E-state index is 3.67. The highest BCUT2D eigenvalue weighted by Crippen LogP contribution is 2.61. The molecule has 0 N–H and O–H groups in total. The van der Waals surface area contributed by atoms with Crippen molar-refractivity contribution >= 4 is 91.2 Å². The van der Waals surface area contributed by atoms with Gasteiger partial charge < -0.3 is 9.80 Å². The minimum absolute atomic E-state index is 0.969. The third-order valence-corrected chi connectivity index (χ3v) is 24.2. The van der Waals surface area contributed by atoms with E-state index < -0.39 is 14.5 Å². The fourth-order valence-electron chi connectivity index (χ4n) is 11.5. The molecule has 0 aliphatic carbocycles. The number of fused-ring (bicyclic) bond motifs is 1. The zero-order chi connectivity index (χ0) is 53.1. The molecule has 0 saturated heterocycles. The van der Waals surface area contributed by atoms with Crippen LogP contribution in [0.25, 0.3) is 10.8 Å². The average molecular weight is 1050 g/mol. The minimum Gasteiger partial charge on any atom is -0.311 e. The fraction of sp³-hybridized carbons (Fsp3) is 0.0400. The van der Waals surface area contributed by atoms with Crippen LogP contribution in [0.5, 0.6) is 0 Å². The van der Waals surface area contributed by atoms with Gasteiger partial charge in [0.15, 0.2) is 0 Å². The maximum absolute atomic E-state index is 3.67. The summed E-state index contributed by atoms with van der Waals surface area (Å²) in [6.45, 7) is 0. The van der Waals surface area contributed by atoms with Gasteiger partial charge in [0.05, 0.1) is 12.3 Å². The van der Waals surface area contributed by atoms with Gasteiger partial charge in [-0.05, 0) is 158 Å². The molecule has 0 heterocycles. The lowest BCUT2D eigenvalue weighted by Crippen LogP contribution is -2.36. The molecule has 4 heteroatoms. The summed E-state index contributed by atoms with van der Waals surface area (Å²) in [6, 6.07) is 120. The van der Waals surface area contributed by atoms with E-state index in [4.69, 9.17) is 0 Å². The zero-order valence-corrected chi connectivity index (χ0v) is 45.9. The Bertz CT molecular complexity index is 3790. The summed E-state index contributed by atoms with van der Waals surface area (Å²) in [7, 11) is -4.62. The Morgan fingerprint density at radius 3 is 0.949 bits per heavy atom. The first kappa shape index (κ1) is 50.7.